The molecular formula is C24H32Cl2N2. The van der Waals surface area contributed by atoms with Gasteiger partial charge in [0, 0.05) is 0 Å². The number of hydrogen-bond donors (Lipinski definition) is 1. The number of benzene rings is 2. The van der Waals surface area contributed by atoms with Gasteiger partial charge in [-0.3, -0.25) is 0 Å². The molecule has 1 heterocycles. The van der Waals surface area contributed by atoms with Crippen LogP contribution in [0, 0.1) is 5.92 Å². The standard InChI is InChI=1S/C24H32Cl2N2/c1-27-13-9-21(22-7-8-23(25)24(26)18-22)12-16-28-14-10-20(11-15-28)17-19-5-3-2-4-6-19/h2-8,18,20-21,27H,9-17H2,1H3. The van der Waals surface area contributed by atoms with Gasteiger partial charge >= 0.3 is 0 Å². The van der Waals surface area contributed by atoms with E-state index in [1.807, 2.05) is 13.1 Å². The largest absolute Gasteiger partial charge is 0.320 e. The van der Waals surface area contributed by atoms with Gasteiger partial charge in [0.2, 0.25) is 0 Å². The van der Waals surface area contributed by atoms with Crippen molar-refractivity contribution in [2.75, 3.05) is 33.2 Å². The zero-order valence-corrected chi connectivity index (χ0v) is 18.4. The molecule has 0 spiro atoms. The molecule has 1 atom stereocenters. The van der Waals surface area contributed by atoms with Gasteiger partial charge in [0.25, 0.3) is 0 Å². The van der Waals surface area contributed by atoms with Gasteiger partial charge in [-0.05, 0) is 100 Å². The predicted molar refractivity (Wildman–Crippen MR) is 122 cm³/mol. The minimum Gasteiger partial charge on any atom is -0.320 e. The van der Waals surface area contributed by atoms with Gasteiger partial charge in [0.1, 0.15) is 0 Å². The van der Waals surface area contributed by atoms with Crippen LogP contribution in [0.4, 0.5) is 0 Å². The summed E-state index contributed by atoms with van der Waals surface area (Å²) in [6.07, 6.45) is 6.14. The van der Waals surface area contributed by atoms with Crippen LogP contribution >= 0.6 is 23.2 Å². The molecule has 28 heavy (non-hydrogen) atoms. The molecule has 152 valence electrons. The number of hydrogen-bond acceptors (Lipinski definition) is 2. The summed E-state index contributed by atoms with van der Waals surface area (Å²) >= 11 is 12.4. The van der Waals surface area contributed by atoms with Crippen LogP contribution in [0.2, 0.25) is 10.0 Å². The first-order chi connectivity index (χ1) is 13.7. The van der Waals surface area contributed by atoms with Crippen LogP contribution in [0.5, 0.6) is 0 Å². The van der Waals surface area contributed by atoms with E-state index < -0.39 is 0 Å². The molecule has 2 aromatic carbocycles. The van der Waals surface area contributed by atoms with Crippen molar-refractivity contribution in [3.05, 3.63) is 69.7 Å². The highest BCUT2D eigenvalue weighted by Gasteiger charge is 2.21. The molecule has 0 aliphatic carbocycles. The molecule has 1 unspecified atom stereocenters. The topological polar surface area (TPSA) is 15.3 Å². The monoisotopic (exact) mass is 418 g/mol. The van der Waals surface area contributed by atoms with E-state index in [-0.39, 0.29) is 0 Å². The Morgan fingerprint density at radius 3 is 2.43 bits per heavy atom. The van der Waals surface area contributed by atoms with Crippen molar-refractivity contribution >= 4 is 23.2 Å². The highest BCUT2D eigenvalue weighted by Crippen LogP contribution is 2.30. The van der Waals surface area contributed by atoms with E-state index in [0.717, 1.165) is 25.4 Å². The lowest BCUT2D eigenvalue weighted by Gasteiger charge is -2.33. The van der Waals surface area contributed by atoms with E-state index in [2.05, 4.69) is 52.7 Å². The van der Waals surface area contributed by atoms with Gasteiger partial charge in [-0.2, -0.15) is 0 Å². The van der Waals surface area contributed by atoms with Gasteiger partial charge in [0.05, 0.1) is 10.0 Å². The summed E-state index contributed by atoms with van der Waals surface area (Å²) in [6.45, 7) is 4.62. The van der Waals surface area contributed by atoms with Gasteiger partial charge in [-0.25, -0.2) is 0 Å². The molecule has 1 aliphatic rings. The second kappa shape index (κ2) is 11.2. The van der Waals surface area contributed by atoms with Crippen molar-refractivity contribution in [1.82, 2.24) is 10.2 Å². The van der Waals surface area contributed by atoms with Gasteiger partial charge in [0.15, 0.2) is 0 Å². The summed E-state index contributed by atoms with van der Waals surface area (Å²) in [5.74, 6) is 1.35. The third kappa shape index (κ3) is 6.49. The molecule has 1 saturated heterocycles. The number of piperidine rings is 1. The summed E-state index contributed by atoms with van der Waals surface area (Å²) in [7, 11) is 2.02. The fourth-order valence-corrected chi connectivity index (χ4v) is 4.57. The molecule has 0 aromatic heterocycles. The van der Waals surface area contributed by atoms with E-state index in [1.54, 1.807) is 0 Å². The number of likely N-dealkylation sites (tertiary alicyclic amines) is 1. The zero-order chi connectivity index (χ0) is 19.8. The van der Waals surface area contributed by atoms with Gasteiger partial charge < -0.3 is 10.2 Å². The van der Waals surface area contributed by atoms with E-state index in [1.165, 1.54) is 49.9 Å². The summed E-state index contributed by atoms with van der Waals surface area (Å²) in [5, 5.41) is 4.59. The lowest BCUT2D eigenvalue weighted by molar-refractivity contribution is 0.178. The molecule has 1 fully saturated rings. The van der Waals surface area contributed by atoms with Crippen LogP contribution in [0.3, 0.4) is 0 Å². The SMILES string of the molecule is CNCCC(CCN1CCC(Cc2ccccc2)CC1)c1ccc(Cl)c(Cl)c1. The number of rotatable bonds is 9. The Morgan fingerprint density at radius 2 is 1.75 bits per heavy atom. The normalized spacial score (nSPS) is 17.0. The number of halogens is 2. The summed E-state index contributed by atoms with van der Waals surface area (Å²) in [6, 6.07) is 17.0. The third-order valence-electron chi connectivity index (χ3n) is 6.03. The third-order valence-corrected chi connectivity index (χ3v) is 6.77. The molecule has 1 N–H and O–H groups in total. The van der Waals surface area contributed by atoms with Gasteiger partial charge in [-0.15, -0.1) is 0 Å². The Balaban J connectivity index is 1.49. The van der Waals surface area contributed by atoms with Crippen LogP contribution < -0.4 is 5.32 Å². The van der Waals surface area contributed by atoms with Crippen molar-refractivity contribution in [1.29, 1.82) is 0 Å². The highest BCUT2D eigenvalue weighted by atomic mass is 35.5. The summed E-state index contributed by atoms with van der Waals surface area (Å²) in [5.41, 5.74) is 2.79. The van der Waals surface area contributed by atoms with Gasteiger partial charge in [-0.1, -0.05) is 59.6 Å². The molecule has 1 aliphatic heterocycles. The first-order valence-electron chi connectivity index (χ1n) is 10.5. The molecular weight excluding hydrogens is 387 g/mol. The minimum absolute atomic E-state index is 0.518. The minimum atomic E-state index is 0.518. The predicted octanol–water partition coefficient (Wildman–Crippen LogP) is 6.03. The second-order valence-electron chi connectivity index (χ2n) is 8.03. The van der Waals surface area contributed by atoms with Crippen molar-refractivity contribution in [2.24, 2.45) is 5.92 Å². The Morgan fingerprint density at radius 1 is 1.00 bits per heavy atom. The van der Waals surface area contributed by atoms with Crippen molar-refractivity contribution in [2.45, 2.75) is 38.0 Å². The molecule has 0 amide bonds. The lowest BCUT2D eigenvalue weighted by Crippen LogP contribution is -2.35. The fraction of sp³-hybridized carbons (Fsp3) is 0.500. The molecule has 2 aromatic rings. The summed E-state index contributed by atoms with van der Waals surface area (Å²) in [4.78, 5) is 2.64. The van der Waals surface area contributed by atoms with Crippen molar-refractivity contribution in [3.8, 4) is 0 Å². The number of nitrogens with zero attached hydrogens (tertiary/aromatic N) is 1. The molecule has 0 saturated carbocycles. The first kappa shape index (κ1) is 21.6. The van der Waals surface area contributed by atoms with Crippen LogP contribution in [0.15, 0.2) is 48.5 Å². The fourth-order valence-electron chi connectivity index (χ4n) is 4.26. The quantitative estimate of drug-likeness (QED) is 0.534. The van der Waals surface area contributed by atoms with E-state index in [9.17, 15) is 0 Å². The van der Waals surface area contributed by atoms with E-state index >= 15 is 0 Å². The Hall–Kier alpha value is -1.06. The zero-order valence-electron chi connectivity index (χ0n) is 16.8. The van der Waals surface area contributed by atoms with Crippen molar-refractivity contribution < 1.29 is 0 Å². The maximum atomic E-state index is 6.27. The second-order valence-corrected chi connectivity index (χ2v) is 8.84. The maximum absolute atomic E-state index is 6.27. The molecule has 3 rings (SSSR count). The highest BCUT2D eigenvalue weighted by molar-refractivity contribution is 6.42. The van der Waals surface area contributed by atoms with E-state index in [0.29, 0.717) is 16.0 Å². The Labute approximate surface area is 180 Å². The first-order valence-corrected chi connectivity index (χ1v) is 11.3. The van der Waals surface area contributed by atoms with E-state index in [4.69, 9.17) is 23.2 Å². The Bertz CT molecular complexity index is 712. The smallest absolute Gasteiger partial charge is 0.0595 e. The molecule has 0 bridgehead atoms. The van der Waals surface area contributed by atoms with Crippen LogP contribution in [0.1, 0.15) is 42.7 Å². The average molecular weight is 419 g/mol. The van der Waals surface area contributed by atoms with Crippen molar-refractivity contribution in [3.63, 3.8) is 0 Å². The average Bonchev–Trinajstić information content (AvgIpc) is 2.72. The van der Waals surface area contributed by atoms with Crippen LogP contribution in [0.25, 0.3) is 0 Å². The van der Waals surface area contributed by atoms with Crippen LogP contribution in [-0.2, 0) is 6.42 Å². The molecule has 2 nitrogen and oxygen atoms in total. The lowest BCUT2D eigenvalue weighted by atomic mass is 9.89. The maximum Gasteiger partial charge on any atom is 0.0595 e. The Kier molecular flexibility index (Phi) is 8.66. The molecule has 0 radical (unpaired) electrons. The summed E-state index contributed by atoms with van der Waals surface area (Å²) < 4.78 is 0. The van der Waals surface area contributed by atoms with Crippen LogP contribution in [-0.4, -0.2) is 38.1 Å². The number of nitrogens with one attached hydrogen (secondary N) is 1. The molecule has 4 heteroatoms.